The Labute approximate surface area is 150 Å². The molecule has 1 saturated heterocycles. The second-order valence-electron chi connectivity index (χ2n) is 6.32. The lowest BCUT2D eigenvalue weighted by molar-refractivity contribution is -0.137. The van der Waals surface area contributed by atoms with E-state index in [1.54, 1.807) is 18.2 Å². The molecule has 0 spiro atoms. The maximum Gasteiger partial charge on any atom is 0.416 e. The normalized spacial score (nSPS) is 15.9. The first-order valence-corrected chi connectivity index (χ1v) is 8.37. The monoisotopic (exact) mass is 366 g/mol. The predicted molar refractivity (Wildman–Crippen MR) is 93.6 cm³/mol. The Morgan fingerprint density at radius 2 is 1.77 bits per heavy atom. The topological polar surface area (TPSA) is 35.9 Å². The average molecular weight is 366 g/mol. The third-order valence-electron chi connectivity index (χ3n) is 4.56. The van der Waals surface area contributed by atoms with Crippen LogP contribution in [0.2, 0.25) is 0 Å². The van der Waals surface area contributed by atoms with E-state index in [2.05, 4.69) is 4.90 Å². The third kappa shape index (κ3) is 4.22. The number of benzene rings is 2. The Bertz CT molecular complexity index is 757. The second kappa shape index (κ2) is 7.45. The number of ether oxygens (including phenoxy) is 1. The number of halogens is 3. The van der Waals surface area contributed by atoms with Crippen LogP contribution in [0.3, 0.4) is 0 Å². The summed E-state index contributed by atoms with van der Waals surface area (Å²) >= 11 is 0. The highest BCUT2D eigenvalue weighted by Crippen LogP contribution is 2.32. The predicted octanol–water partition coefficient (Wildman–Crippen LogP) is 3.74. The van der Waals surface area contributed by atoms with E-state index in [0.717, 1.165) is 24.7 Å². The molecule has 0 aliphatic carbocycles. The van der Waals surface area contributed by atoms with Crippen molar-refractivity contribution in [1.29, 1.82) is 0 Å². The summed E-state index contributed by atoms with van der Waals surface area (Å²) in [6, 6.07) is 10.8. The Morgan fingerprint density at radius 1 is 1.04 bits per heavy atom. The molecule has 3 rings (SSSR count). The van der Waals surface area contributed by atoms with E-state index in [1.807, 2.05) is 11.0 Å². The first kappa shape index (κ1) is 18.4. The van der Waals surface area contributed by atoms with Crippen molar-refractivity contribution in [2.45, 2.75) is 12.7 Å². The zero-order valence-electron chi connectivity index (χ0n) is 14.5. The van der Waals surface area contributed by atoms with E-state index >= 15 is 0 Å². The van der Waals surface area contributed by atoms with Crippen molar-refractivity contribution in [3.8, 4) is 11.5 Å². The van der Waals surface area contributed by atoms with E-state index in [9.17, 15) is 18.3 Å². The van der Waals surface area contributed by atoms with Gasteiger partial charge in [-0.05, 0) is 35.9 Å². The second-order valence-corrected chi connectivity index (χ2v) is 6.32. The molecule has 0 atom stereocenters. The molecule has 1 aliphatic rings. The van der Waals surface area contributed by atoms with Gasteiger partial charge in [-0.2, -0.15) is 13.2 Å². The number of hydrogen-bond acceptors (Lipinski definition) is 4. The largest absolute Gasteiger partial charge is 0.504 e. The van der Waals surface area contributed by atoms with Crippen molar-refractivity contribution in [2.24, 2.45) is 0 Å². The summed E-state index contributed by atoms with van der Waals surface area (Å²) in [4.78, 5) is 4.18. The van der Waals surface area contributed by atoms with Gasteiger partial charge in [-0.15, -0.1) is 0 Å². The number of phenols is 1. The van der Waals surface area contributed by atoms with Crippen LogP contribution < -0.4 is 9.64 Å². The van der Waals surface area contributed by atoms with Crippen molar-refractivity contribution >= 4 is 5.69 Å². The van der Waals surface area contributed by atoms with Crippen LogP contribution in [-0.4, -0.2) is 43.3 Å². The van der Waals surface area contributed by atoms with Crippen molar-refractivity contribution in [3.63, 3.8) is 0 Å². The quantitative estimate of drug-likeness (QED) is 0.894. The summed E-state index contributed by atoms with van der Waals surface area (Å²) in [7, 11) is 1.50. The summed E-state index contributed by atoms with van der Waals surface area (Å²) in [5.41, 5.74) is 0.948. The molecular formula is C19H21F3N2O2. The lowest BCUT2D eigenvalue weighted by atomic mass is 10.1. The number of aromatic hydroxyl groups is 1. The fourth-order valence-corrected chi connectivity index (χ4v) is 3.14. The molecule has 4 nitrogen and oxygen atoms in total. The Kier molecular flexibility index (Phi) is 5.27. The zero-order chi connectivity index (χ0) is 18.7. The molecule has 0 aromatic heterocycles. The van der Waals surface area contributed by atoms with Gasteiger partial charge in [-0.1, -0.05) is 12.1 Å². The number of phenolic OH excluding ortho intramolecular Hbond substituents is 1. The van der Waals surface area contributed by atoms with Gasteiger partial charge >= 0.3 is 6.18 Å². The molecule has 2 aromatic carbocycles. The molecular weight excluding hydrogens is 345 g/mol. The molecule has 1 fully saturated rings. The number of hydrogen-bond donors (Lipinski definition) is 1. The molecule has 0 saturated carbocycles. The highest BCUT2D eigenvalue weighted by atomic mass is 19.4. The highest BCUT2D eigenvalue weighted by molar-refractivity contribution is 5.49. The van der Waals surface area contributed by atoms with Crippen LogP contribution in [-0.2, 0) is 12.7 Å². The van der Waals surface area contributed by atoms with Crippen LogP contribution in [0.4, 0.5) is 18.9 Å². The SMILES string of the molecule is COc1ccc(CN2CCN(c3cccc(C(F)(F)F)c3)CC2)cc1O. The number of alkyl halides is 3. The van der Waals surface area contributed by atoms with Gasteiger partial charge < -0.3 is 14.7 Å². The number of piperazine rings is 1. The van der Waals surface area contributed by atoms with Gasteiger partial charge in [-0.3, -0.25) is 4.90 Å². The van der Waals surface area contributed by atoms with Crippen molar-refractivity contribution < 1.29 is 23.0 Å². The van der Waals surface area contributed by atoms with Crippen molar-refractivity contribution in [1.82, 2.24) is 4.90 Å². The zero-order valence-corrected chi connectivity index (χ0v) is 14.5. The fraction of sp³-hybridized carbons (Fsp3) is 0.368. The van der Waals surface area contributed by atoms with Crippen LogP contribution in [0.25, 0.3) is 0 Å². The molecule has 0 amide bonds. The molecule has 140 valence electrons. The average Bonchev–Trinajstić information content (AvgIpc) is 2.62. The minimum atomic E-state index is -4.33. The van der Waals surface area contributed by atoms with Gasteiger partial charge in [0, 0.05) is 38.4 Å². The molecule has 7 heteroatoms. The van der Waals surface area contributed by atoms with Crippen LogP contribution in [0.15, 0.2) is 42.5 Å². The van der Waals surface area contributed by atoms with E-state index in [0.29, 0.717) is 31.1 Å². The standard InChI is InChI=1S/C19H21F3N2O2/c1-26-18-6-5-14(11-17(18)25)13-23-7-9-24(10-8-23)16-4-2-3-15(12-16)19(20,21)22/h2-6,11-12,25H,7-10,13H2,1H3. The van der Waals surface area contributed by atoms with Crippen LogP contribution >= 0.6 is 0 Å². The van der Waals surface area contributed by atoms with E-state index < -0.39 is 11.7 Å². The van der Waals surface area contributed by atoms with E-state index in [-0.39, 0.29) is 5.75 Å². The summed E-state index contributed by atoms with van der Waals surface area (Å²) in [5.74, 6) is 0.538. The summed E-state index contributed by atoms with van der Waals surface area (Å²) < 4.78 is 43.6. The first-order valence-electron chi connectivity index (χ1n) is 8.37. The number of nitrogens with zero attached hydrogens (tertiary/aromatic N) is 2. The molecule has 0 radical (unpaired) electrons. The molecule has 0 bridgehead atoms. The summed E-state index contributed by atoms with van der Waals surface area (Å²) in [6.07, 6.45) is -4.33. The molecule has 1 N–H and O–H groups in total. The van der Waals surface area contributed by atoms with E-state index in [4.69, 9.17) is 4.74 Å². The third-order valence-corrected chi connectivity index (χ3v) is 4.56. The van der Waals surface area contributed by atoms with Gasteiger partial charge in [0.25, 0.3) is 0 Å². The van der Waals surface area contributed by atoms with Crippen molar-refractivity contribution in [2.75, 3.05) is 38.2 Å². The fourth-order valence-electron chi connectivity index (χ4n) is 3.14. The smallest absolute Gasteiger partial charge is 0.416 e. The van der Waals surface area contributed by atoms with Crippen LogP contribution in [0.5, 0.6) is 11.5 Å². The number of anilines is 1. The number of methoxy groups -OCH3 is 1. The van der Waals surface area contributed by atoms with Crippen LogP contribution in [0.1, 0.15) is 11.1 Å². The van der Waals surface area contributed by atoms with Gasteiger partial charge in [-0.25, -0.2) is 0 Å². The highest BCUT2D eigenvalue weighted by Gasteiger charge is 2.31. The maximum absolute atomic E-state index is 12.9. The molecule has 26 heavy (non-hydrogen) atoms. The van der Waals surface area contributed by atoms with E-state index in [1.165, 1.54) is 19.2 Å². The summed E-state index contributed by atoms with van der Waals surface area (Å²) in [6.45, 7) is 3.47. The van der Waals surface area contributed by atoms with Crippen LogP contribution in [0, 0.1) is 0 Å². The van der Waals surface area contributed by atoms with Gasteiger partial charge in [0.1, 0.15) is 0 Å². The Balaban J connectivity index is 1.60. The molecule has 1 heterocycles. The number of rotatable bonds is 4. The molecule has 0 unspecified atom stereocenters. The van der Waals surface area contributed by atoms with Gasteiger partial charge in [0.05, 0.1) is 12.7 Å². The molecule has 2 aromatic rings. The Hall–Kier alpha value is -2.41. The minimum absolute atomic E-state index is 0.104. The lowest BCUT2D eigenvalue weighted by Crippen LogP contribution is -2.46. The molecule has 1 aliphatic heterocycles. The maximum atomic E-state index is 12.9. The lowest BCUT2D eigenvalue weighted by Gasteiger charge is -2.36. The van der Waals surface area contributed by atoms with Gasteiger partial charge in [0.15, 0.2) is 11.5 Å². The van der Waals surface area contributed by atoms with Gasteiger partial charge in [0.2, 0.25) is 0 Å². The summed E-state index contributed by atoms with van der Waals surface area (Å²) in [5, 5.41) is 9.86. The Morgan fingerprint density at radius 3 is 2.38 bits per heavy atom. The first-order chi connectivity index (χ1) is 12.4. The minimum Gasteiger partial charge on any atom is -0.504 e. The van der Waals surface area contributed by atoms with Crippen molar-refractivity contribution in [3.05, 3.63) is 53.6 Å².